The second-order valence-electron chi connectivity index (χ2n) is 3.85. The molecule has 1 aromatic rings. The quantitative estimate of drug-likeness (QED) is 0.458. The van der Waals surface area contributed by atoms with Gasteiger partial charge in [0.1, 0.15) is 6.54 Å². The molecule has 8 nitrogen and oxygen atoms in total. The van der Waals surface area contributed by atoms with E-state index in [9.17, 15) is 23.3 Å². The molecule has 0 unspecified atom stereocenters. The molecule has 0 fully saturated rings. The van der Waals surface area contributed by atoms with E-state index >= 15 is 0 Å². The van der Waals surface area contributed by atoms with Gasteiger partial charge in [-0.25, -0.2) is 8.42 Å². The number of rotatable bonds is 7. The average molecular weight is 335 g/mol. The summed E-state index contributed by atoms with van der Waals surface area (Å²) < 4.78 is 25.3. The summed E-state index contributed by atoms with van der Waals surface area (Å²) in [5.41, 5.74) is -0.720. The van der Waals surface area contributed by atoms with Crippen LogP contribution in [0.3, 0.4) is 0 Å². The van der Waals surface area contributed by atoms with Gasteiger partial charge in [0.05, 0.1) is 4.92 Å². The van der Waals surface area contributed by atoms with Gasteiger partial charge in [-0.2, -0.15) is 4.31 Å². The zero-order valence-corrected chi connectivity index (χ0v) is 12.2. The zero-order valence-electron chi connectivity index (χ0n) is 10.6. The van der Waals surface area contributed by atoms with Crippen LogP contribution in [0.1, 0.15) is 0 Å². The van der Waals surface area contributed by atoms with Crippen LogP contribution in [0.2, 0.25) is 5.02 Å². The molecule has 0 aliphatic heterocycles. The number of hydrogen-bond acceptors (Lipinski definition) is 5. The first-order valence-corrected chi connectivity index (χ1v) is 7.28. The standard InChI is InChI=1S/C11H11ClN2O6S/c1-2-5-13(7-11(15)16)21(19,20)10-4-3-8(12)6-9(10)14(17)18/h2-4,6H,1,5,7H2,(H,15,16). The van der Waals surface area contributed by atoms with Gasteiger partial charge >= 0.3 is 5.97 Å². The molecule has 0 amide bonds. The molecule has 0 heterocycles. The summed E-state index contributed by atoms with van der Waals surface area (Å²) in [6.07, 6.45) is 1.18. The minimum Gasteiger partial charge on any atom is -0.480 e. The van der Waals surface area contributed by atoms with E-state index in [1.165, 1.54) is 12.1 Å². The Morgan fingerprint density at radius 3 is 2.62 bits per heavy atom. The molecule has 0 saturated carbocycles. The molecule has 10 heteroatoms. The van der Waals surface area contributed by atoms with E-state index in [2.05, 4.69) is 6.58 Å². The number of carbonyl (C=O) groups is 1. The lowest BCUT2D eigenvalue weighted by molar-refractivity contribution is -0.387. The number of sulfonamides is 1. The van der Waals surface area contributed by atoms with Crippen molar-refractivity contribution in [1.29, 1.82) is 0 Å². The van der Waals surface area contributed by atoms with Crippen LogP contribution >= 0.6 is 11.6 Å². The van der Waals surface area contributed by atoms with Gasteiger partial charge in [0.25, 0.3) is 15.7 Å². The van der Waals surface area contributed by atoms with Gasteiger partial charge in [-0.1, -0.05) is 17.7 Å². The lowest BCUT2D eigenvalue weighted by Crippen LogP contribution is -2.36. The molecule has 0 aliphatic carbocycles. The number of nitrogens with zero attached hydrogens (tertiary/aromatic N) is 2. The molecule has 0 radical (unpaired) electrons. The summed E-state index contributed by atoms with van der Waals surface area (Å²) in [4.78, 5) is 20.2. The molecule has 114 valence electrons. The number of carboxylic acids is 1. The fraction of sp³-hybridized carbons (Fsp3) is 0.182. The predicted molar refractivity (Wildman–Crippen MR) is 74.7 cm³/mol. The van der Waals surface area contributed by atoms with E-state index in [-0.39, 0.29) is 11.6 Å². The Hall–Kier alpha value is -1.97. The van der Waals surface area contributed by atoms with Crippen molar-refractivity contribution in [2.24, 2.45) is 0 Å². The van der Waals surface area contributed by atoms with Gasteiger partial charge in [-0.3, -0.25) is 14.9 Å². The van der Waals surface area contributed by atoms with Crippen LogP contribution in [0.15, 0.2) is 35.7 Å². The minimum atomic E-state index is -4.37. The Morgan fingerprint density at radius 2 is 2.14 bits per heavy atom. The lowest BCUT2D eigenvalue weighted by Gasteiger charge is -2.18. The van der Waals surface area contributed by atoms with Crippen molar-refractivity contribution in [2.75, 3.05) is 13.1 Å². The fourth-order valence-electron chi connectivity index (χ4n) is 1.53. The molecule has 0 aromatic heterocycles. The van der Waals surface area contributed by atoms with E-state index < -0.39 is 38.0 Å². The van der Waals surface area contributed by atoms with Crippen molar-refractivity contribution < 1.29 is 23.2 Å². The van der Waals surface area contributed by atoms with E-state index in [1.807, 2.05) is 0 Å². The first-order chi connectivity index (χ1) is 9.70. The molecule has 1 rings (SSSR count). The van der Waals surface area contributed by atoms with Gasteiger partial charge in [-0.05, 0) is 12.1 Å². The summed E-state index contributed by atoms with van der Waals surface area (Å²) in [7, 11) is -4.37. The molecule has 1 aromatic carbocycles. The van der Waals surface area contributed by atoms with Crippen molar-refractivity contribution >= 4 is 33.3 Å². The van der Waals surface area contributed by atoms with Crippen LogP contribution in [-0.2, 0) is 14.8 Å². The number of nitro benzene ring substituents is 1. The maximum Gasteiger partial charge on any atom is 0.318 e. The second-order valence-corrected chi connectivity index (χ2v) is 6.19. The summed E-state index contributed by atoms with van der Waals surface area (Å²) >= 11 is 5.61. The summed E-state index contributed by atoms with van der Waals surface area (Å²) in [5.74, 6) is -1.39. The highest BCUT2D eigenvalue weighted by Gasteiger charge is 2.32. The minimum absolute atomic E-state index is 0.00541. The van der Waals surface area contributed by atoms with Crippen LogP contribution < -0.4 is 0 Å². The third kappa shape index (κ3) is 4.00. The van der Waals surface area contributed by atoms with Crippen molar-refractivity contribution in [1.82, 2.24) is 4.31 Å². The summed E-state index contributed by atoms with van der Waals surface area (Å²) in [6.45, 7) is 2.20. The van der Waals surface area contributed by atoms with Crippen LogP contribution in [0.4, 0.5) is 5.69 Å². The lowest BCUT2D eigenvalue weighted by atomic mass is 10.3. The van der Waals surface area contributed by atoms with Crippen LogP contribution in [0, 0.1) is 10.1 Å². The van der Waals surface area contributed by atoms with Crippen molar-refractivity contribution in [3.05, 3.63) is 46.0 Å². The van der Waals surface area contributed by atoms with E-state index in [1.54, 1.807) is 0 Å². The number of carboxylic acid groups (broad SMARTS) is 1. The fourth-order valence-corrected chi connectivity index (χ4v) is 3.20. The van der Waals surface area contributed by atoms with E-state index in [4.69, 9.17) is 16.7 Å². The molecule has 0 bridgehead atoms. The maximum atomic E-state index is 12.4. The summed E-state index contributed by atoms with van der Waals surface area (Å²) in [6, 6.07) is 3.03. The predicted octanol–water partition coefficient (Wildman–Crippen LogP) is 1.51. The van der Waals surface area contributed by atoms with Crippen molar-refractivity contribution in [3.8, 4) is 0 Å². The van der Waals surface area contributed by atoms with Crippen LogP contribution in [0.25, 0.3) is 0 Å². The molecule has 0 atom stereocenters. The zero-order chi connectivity index (χ0) is 16.2. The third-order valence-electron chi connectivity index (χ3n) is 2.38. The van der Waals surface area contributed by atoms with E-state index in [0.29, 0.717) is 4.31 Å². The monoisotopic (exact) mass is 334 g/mol. The van der Waals surface area contributed by atoms with E-state index in [0.717, 1.165) is 12.1 Å². The number of benzene rings is 1. The Labute approximate surface area is 125 Å². The van der Waals surface area contributed by atoms with Gasteiger partial charge in [-0.15, -0.1) is 6.58 Å². The highest BCUT2D eigenvalue weighted by atomic mass is 35.5. The molecule has 1 N–H and O–H groups in total. The van der Waals surface area contributed by atoms with Gasteiger partial charge in [0, 0.05) is 17.6 Å². The number of hydrogen-bond donors (Lipinski definition) is 1. The molecule has 21 heavy (non-hydrogen) atoms. The molecule has 0 aliphatic rings. The highest BCUT2D eigenvalue weighted by Crippen LogP contribution is 2.29. The number of nitro groups is 1. The molecular weight excluding hydrogens is 324 g/mol. The van der Waals surface area contributed by atoms with Gasteiger partial charge in [0.15, 0.2) is 4.90 Å². The number of aliphatic carboxylic acids is 1. The topological polar surface area (TPSA) is 118 Å². The van der Waals surface area contributed by atoms with Crippen LogP contribution in [-0.4, -0.2) is 41.8 Å². The largest absolute Gasteiger partial charge is 0.480 e. The SMILES string of the molecule is C=CCN(CC(=O)O)S(=O)(=O)c1ccc(Cl)cc1[N+](=O)[O-]. The Kier molecular flexibility index (Phi) is 5.41. The third-order valence-corrected chi connectivity index (χ3v) is 4.47. The Bertz CT molecular complexity index is 688. The number of halogens is 1. The normalized spacial score (nSPS) is 11.3. The first-order valence-electron chi connectivity index (χ1n) is 5.47. The highest BCUT2D eigenvalue weighted by molar-refractivity contribution is 7.89. The van der Waals surface area contributed by atoms with Crippen molar-refractivity contribution in [2.45, 2.75) is 4.90 Å². The van der Waals surface area contributed by atoms with Crippen LogP contribution in [0.5, 0.6) is 0 Å². The summed E-state index contributed by atoms with van der Waals surface area (Å²) in [5, 5.41) is 19.7. The Balaban J connectivity index is 3.43. The van der Waals surface area contributed by atoms with Crippen molar-refractivity contribution in [3.63, 3.8) is 0 Å². The molecule has 0 spiro atoms. The maximum absolute atomic E-state index is 12.4. The average Bonchev–Trinajstić information content (AvgIpc) is 2.37. The van der Waals surface area contributed by atoms with Gasteiger partial charge in [0.2, 0.25) is 0 Å². The Morgan fingerprint density at radius 1 is 1.52 bits per heavy atom. The molecule has 0 saturated heterocycles. The first kappa shape index (κ1) is 17.1. The molecular formula is C11H11ClN2O6S. The second kappa shape index (κ2) is 6.66. The van der Waals surface area contributed by atoms with Gasteiger partial charge < -0.3 is 5.11 Å². The smallest absolute Gasteiger partial charge is 0.318 e.